The van der Waals surface area contributed by atoms with Crippen LogP contribution in [0.2, 0.25) is 0 Å². The van der Waals surface area contributed by atoms with Crippen LogP contribution in [-0.4, -0.2) is 70.5 Å². The second-order valence-electron chi connectivity index (χ2n) is 8.52. The summed E-state index contributed by atoms with van der Waals surface area (Å²) in [6.07, 6.45) is -0.321. The van der Waals surface area contributed by atoms with E-state index in [4.69, 9.17) is 9.47 Å². The summed E-state index contributed by atoms with van der Waals surface area (Å²) in [5, 5.41) is 9.53. The van der Waals surface area contributed by atoms with Crippen LogP contribution in [-0.2, 0) is 9.53 Å². The van der Waals surface area contributed by atoms with Gasteiger partial charge in [0.25, 0.3) is 5.91 Å². The Morgan fingerprint density at radius 3 is 2.48 bits per heavy atom. The molecule has 168 valence electrons. The number of nitrogens with one attached hydrogen (secondary N) is 2. The normalized spacial score (nSPS) is 14.4. The molecule has 10 heteroatoms. The highest BCUT2D eigenvalue weighted by molar-refractivity contribution is 5.90. The van der Waals surface area contributed by atoms with Crippen LogP contribution in [0.5, 0.6) is 5.75 Å². The molecule has 1 aromatic carbocycles. The Balaban J connectivity index is 1.46. The molecule has 1 aromatic heterocycles. The average Bonchev–Trinajstić information content (AvgIpc) is 3.16. The molecule has 0 atom stereocenters. The van der Waals surface area contributed by atoms with Gasteiger partial charge in [0, 0.05) is 26.2 Å². The van der Waals surface area contributed by atoms with E-state index in [1.807, 2.05) is 57.7 Å². The van der Waals surface area contributed by atoms with E-state index in [-0.39, 0.29) is 24.6 Å². The topological polar surface area (TPSA) is 113 Å². The Labute approximate surface area is 181 Å². The van der Waals surface area contributed by atoms with Gasteiger partial charge >= 0.3 is 6.09 Å². The lowest BCUT2D eigenvalue weighted by atomic mass is 10.1. The molecule has 10 nitrogen and oxygen atoms in total. The van der Waals surface area contributed by atoms with Crippen molar-refractivity contribution in [1.82, 2.24) is 20.1 Å². The number of aryl methyl sites for hydroxylation is 2. The number of H-pyrrole nitrogens is 1. The summed E-state index contributed by atoms with van der Waals surface area (Å²) >= 11 is 0. The van der Waals surface area contributed by atoms with E-state index in [1.165, 1.54) is 0 Å². The zero-order valence-corrected chi connectivity index (χ0v) is 18.7. The molecule has 0 bridgehead atoms. The van der Waals surface area contributed by atoms with E-state index in [0.29, 0.717) is 37.9 Å². The Hall–Kier alpha value is -3.30. The maximum atomic E-state index is 12.2. The van der Waals surface area contributed by atoms with E-state index in [2.05, 4.69) is 20.5 Å². The van der Waals surface area contributed by atoms with Crippen LogP contribution in [0.25, 0.3) is 0 Å². The monoisotopic (exact) mass is 430 g/mol. The third-order valence-corrected chi connectivity index (χ3v) is 4.79. The largest absolute Gasteiger partial charge is 0.484 e. The predicted molar refractivity (Wildman–Crippen MR) is 116 cm³/mol. The van der Waals surface area contributed by atoms with Gasteiger partial charge in [-0.05, 0) is 57.9 Å². The number of hydrogen-bond donors (Lipinski definition) is 2. The smallest absolute Gasteiger partial charge is 0.410 e. The minimum Gasteiger partial charge on any atom is -0.484 e. The summed E-state index contributed by atoms with van der Waals surface area (Å²) in [5.41, 5.74) is 1.75. The Kier molecular flexibility index (Phi) is 6.67. The van der Waals surface area contributed by atoms with Gasteiger partial charge in [-0.15, -0.1) is 5.10 Å². The molecular weight excluding hydrogens is 400 g/mol. The van der Waals surface area contributed by atoms with E-state index in [0.717, 1.165) is 11.1 Å². The van der Waals surface area contributed by atoms with E-state index < -0.39 is 5.60 Å². The third kappa shape index (κ3) is 6.34. The number of aromatic nitrogens is 3. The lowest BCUT2D eigenvalue weighted by Crippen LogP contribution is -2.50. The van der Waals surface area contributed by atoms with Crippen LogP contribution in [0.15, 0.2) is 18.2 Å². The minimum absolute atomic E-state index is 0.132. The van der Waals surface area contributed by atoms with Gasteiger partial charge in [0.15, 0.2) is 6.61 Å². The highest BCUT2D eigenvalue weighted by atomic mass is 16.6. The summed E-state index contributed by atoms with van der Waals surface area (Å²) in [7, 11) is 0. The zero-order valence-electron chi connectivity index (χ0n) is 18.7. The fourth-order valence-electron chi connectivity index (χ4n) is 2.99. The number of ether oxygens (including phenoxy) is 2. The van der Waals surface area contributed by atoms with Crippen molar-refractivity contribution < 1.29 is 19.1 Å². The van der Waals surface area contributed by atoms with Crippen molar-refractivity contribution in [3.63, 3.8) is 0 Å². The van der Waals surface area contributed by atoms with Crippen molar-refractivity contribution >= 4 is 23.9 Å². The molecule has 0 spiro atoms. The van der Waals surface area contributed by atoms with Gasteiger partial charge in [-0.25, -0.2) is 9.89 Å². The van der Waals surface area contributed by atoms with Crippen molar-refractivity contribution in [1.29, 1.82) is 0 Å². The van der Waals surface area contributed by atoms with Gasteiger partial charge in [0.2, 0.25) is 11.9 Å². The first-order chi connectivity index (χ1) is 14.6. The highest BCUT2D eigenvalue weighted by Gasteiger charge is 2.27. The fraction of sp³-hybridized carbons (Fsp3) is 0.524. The van der Waals surface area contributed by atoms with Gasteiger partial charge in [-0.3, -0.25) is 10.1 Å². The summed E-state index contributed by atoms with van der Waals surface area (Å²) in [6.45, 7) is 11.6. The van der Waals surface area contributed by atoms with Crippen LogP contribution in [0.1, 0.15) is 31.9 Å². The van der Waals surface area contributed by atoms with E-state index in [1.54, 1.807) is 4.90 Å². The molecule has 1 fully saturated rings. The molecule has 2 heterocycles. The van der Waals surface area contributed by atoms with E-state index in [9.17, 15) is 9.59 Å². The number of anilines is 2. The van der Waals surface area contributed by atoms with Crippen LogP contribution >= 0.6 is 0 Å². The second-order valence-corrected chi connectivity index (χ2v) is 8.52. The molecule has 1 saturated heterocycles. The maximum absolute atomic E-state index is 12.2. The van der Waals surface area contributed by atoms with Crippen LogP contribution < -0.4 is 15.0 Å². The molecule has 2 aromatic rings. The number of carbonyl (C=O) groups excluding carboxylic acids is 2. The Morgan fingerprint density at radius 2 is 1.84 bits per heavy atom. The Morgan fingerprint density at radius 1 is 1.13 bits per heavy atom. The maximum Gasteiger partial charge on any atom is 0.410 e. The number of rotatable bonds is 5. The van der Waals surface area contributed by atoms with Crippen LogP contribution in [0.4, 0.5) is 16.7 Å². The van der Waals surface area contributed by atoms with Gasteiger partial charge in [0.1, 0.15) is 11.4 Å². The number of carbonyl (C=O) groups is 2. The van der Waals surface area contributed by atoms with Gasteiger partial charge < -0.3 is 19.3 Å². The molecule has 0 aliphatic carbocycles. The third-order valence-electron chi connectivity index (χ3n) is 4.79. The summed E-state index contributed by atoms with van der Waals surface area (Å²) in [6, 6.07) is 5.68. The first-order valence-corrected chi connectivity index (χ1v) is 10.3. The molecule has 0 saturated carbocycles. The van der Waals surface area contributed by atoms with Gasteiger partial charge in [-0.2, -0.15) is 4.98 Å². The lowest BCUT2D eigenvalue weighted by molar-refractivity contribution is -0.118. The number of piperazine rings is 1. The van der Waals surface area contributed by atoms with E-state index >= 15 is 0 Å². The fourth-order valence-corrected chi connectivity index (χ4v) is 2.99. The van der Waals surface area contributed by atoms with Crippen molar-refractivity contribution in [2.45, 2.75) is 40.2 Å². The first-order valence-electron chi connectivity index (χ1n) is 10.3. The zero-order chi connectivity index (χ0) is 22.6. The van der Waals surface area contributed by atoms with Crippen molar-refractivity contribution in [3.8, 4) is 5.75 Å². The summed E-state index contributed by atoms with van der Waals surface area (Å²) in [4.78, 5) is 32.3. The first kappa shape index (κ1) is 22.4. The SMILES string of the molecule is Cc1ccc(OCC(=O)Nc2nc(N3CCN(C(=O)OC(C)(C)C)CC3)n[nH]2)cc1C. The predicted octanol–water partition coefficient (Wildman–Crippen LogP) is 2.50. The minimum atomic E-state index is -0.521. The summed E-state index contributed by atoms with van der Waals surface area (Å²) < 4.78 is 10.9. The molecular formula is C21H30N6O4. The quantitative estimate of drug-likeness (QED) is 0.749. The highest BCUT2D eigenvalue weighted by Crippen LogP contribution is 2.17. The van der Waals surface area contributed by atoms with Crippen LogP contribution in [0, 0.1) is 13.8 Å². The molecule has 3 rings (SSSR count). The van der Waals surface area contributed by atoms with Gasteiger partial charge in [-0.1, -0.05) is 6.07 Å². The lowest BCUT2D eigenvalue weighted by Gasteiger charge is -2.35. The number of hydrogen-bond acceptors (Lipinski definition) is 7. The molecule has 1 aliphatic rings. The van der Waals surface area contributed by atoms with Crippen molar-refractivity contribution in [2.75, 3.05) is 43.0 Å². The standard InChI is InChI=1S/C21H30N6O4/c1-14-6-7-16(12-15(14)2)30-13-17(28)22-18-23-19(25-24-18)26-8-10-27(11-9-26)20(29)31-21(3,4)5/h6-7,12H,8-11,13H2,1-5H3,(H2,22,23,24,25,28). The molecule has 2 N–H and O–H groups in total. The molecule has 0 unspecified atom stereocenters. The van der Waals surface area contributed by atoms with Crippen molar-refractivity contribution in [2.24, 2.45) is 0 Å². The second kappa shape index (κ2) is 9.23. The molecule has 1 aliphatic heterocycles. The van der Waals surface area contributed by atoms with Gasteiger partial charge in [0.05, 0.1) is 0 Å². The number of nitrogens with zero attached hydrogens (tertiary/aromatic N) is 4. The van der Waals surface area contributed by atoms with Crippen molar-refractivity contribution in [3.05, 3.63) is 29.3 Å². The molecule has 2 amide bonds. The van der Waals surface area contributed by atoms with Crippen LogP contribution in [0.3, 0.4) is 0 Å². The summed E-state index contributed by atoms with van der Waals surface area (Å²) in [5.74, 6) is 1.02. The average molecular weight is 431 g/mol. The number of aromatic amines is 1. The molecule has 0 radical (unpaired) electrons. The molecule has 31 heavy (non-hydrogen) atoms. The Bertz CT molecular complexity index is 928. The number of benzene rings is 1. The number of amides is 2.